The molecule has 6 rings (SSSR count). The van der Waals surface area contributed by atoms with Crippen LogP contribution in [-0.2, 0) is 28.1 Å². The summed E-state index contributed by atoms with van der Waals surface area (Å²) >= 11 is 1.18. The number of thiophene rings is 1. The number of aryl methyl sites for hydroxylation is 1. The average Bonchev–Trinajstić information content (AvgIpc) is 3.58. The fourth-order valence-corrected chi connectivity index (χ4v) is 6.70. The van der Waals surface area contributed by atoms with E-state index in [0.717, 1.165) is 21.6 Å². The molecule has 1 fully saturated rings. The highest BCUT2D eigenvalue weighted by Crippen LogP contribution is 2.43. The molecule has 39 heavy (non-hydrogen) atoms. The number of halogens is 3. The SMILES string of the molecule is CC1NN(C)C=C1c1ccc2c(c1)CCC21NC(=O)N(CC(=O)N2Cc3sccc3OC[C@H]2C(F)(F)F)C1=O. The number of imide groups is 1. The normalized spacial score (nSPS) is 26.4. The Labute approximate surface area is 226 Å². The zero-order chi connectivity index (χ0) is 27.7. The number of hydrogen-bond acceptors (Lipinski definition) is 7. The number of hydrogen-bond donors (Lipinski definition) is 2. The van der Waals surface area contributed by atoms with Crippen LogP contribution in [-0.4, -0.2) is 71.1 Å². The molecular formula is C26H26F3N5O4S. The van der Waals surface area contributed by atoms with E-state index in [2.05, 4.69) is 10.7 Å². The van der Waals surface area contributed by atoms with Crippen molar-refractivity contribution in [2.45, 2.75) is 50.1 Å². The highest BCUT2D eigenvalue weighted by Gasteiger charge is 2.56. The van der Waals surface area contributed by atoms with Crippen molar-refractivity contribution in [1.29, 1.82) is 0 Å². The first-order valence-corrected chi connectivity index (χ1v) is 13.4. The molecule has 1 spiro atoms. The predicted molar refractivity (Wildman–Crippen MR) is 135 cm³/mol. The van der Waals surface area contributed by atoms with Crippen LogP contribution >= 0.6 is 11.3 Å². The molecule has 3 atom stereocenters. The first-order chi connectivity index (χ1) is 18.5. The van der Waals surface area contributed by atoms with Crippen molar-refractivity contribution >= 4 is 34.8 Å². The van der Waals surface area contributed by atoms with Crippen molar-refractivity contribution in [2.75, 3.05) is 20.2 Å². The Morgan fingerprint density at radius 1 is 1.26 bits per heavy atom. The summed E-state index contributed by atoms with van der Waals surface area (Å²) in [5.74, 6) is -1.31. The summed E-state index contributed by atoms with van der Waals surface area (Å²) < 4.78 is 47.0. The molecule has 206 valence electrons. The molecule has 13 heteroatoms. The van der Waals surface area contributed by atoms with Gasteiger partial charge >= 0.3 is 12.2 Å². The summed E-state index contributed by atoms with van der Waals surface area (Å²) in [6.45, 7) is 0.155. The number of benzene rings is 1. The van der Waals surface area contributed by atoms with Crippen LogP contribution < -0.4 is 15.5 Å². The second-order valence-electron chi connectivity index (χ2n) is 10.2. The predicted octanol–water partition coefficient (Wildman–Crippen LogP) is 2.97. The van der Waals surface area contributed by atoms with E-state index in [-0.39, 0.29) is 12.6 Å². The molecule has 3 aliphatic heterocycles. The maximum Gasteiger partial charge on any atom is 0.412 e. The van der Waals surface area contributed by atoms with E-state index in [9.17, 15) is 27.6 Å². The molecule has 0 radical (unpaired) electrons. The molecule has 4 aliphatic rings. The van der Waals surface area contributed by atoms with Gasteiger partial charge in [-0.1, -0.05) is 18.2 Å². The minimum absolute atomic E-state index is 0.105. The second-order valence-corrected chi connectivity index (χ2v) is 11.2. The lowest BCUT2D eigenvalue weighted by atomic mass is 9.90. The number of hydrazine groups is 1. The molecule has 0 saturated carbocycles. The van der Waals surface area contributed by atoms with Gasteiger partial charge in [0.05, 0.1) is 17.5 Å². The van der Waals surface area contributed by atoms with Crippen LogP contribution in [0.2, 0.25) is 0 Å². The van der Waals surface area contributed by atoms with Crippen molar-refractivity contribution in [3.8, 4) is 5.75 Å². The molecular weight excluding hydrogens is 535 g/mol. The Morgan fingerprint density at radius 3 is 2.77 bits per heavy atom. The highest BCUT2D eigenvalue weighted by atomic mass is 32.1. The van der Waals surface area contributed by atoms with Crippen LogP contribution in [0.15, 0.2) is 35.8 Å². The Bertz CT molecular complexity index is 1410. The molecule has 1 aromatic carbocycles. The molecule has 1 aromatic heterocycles. The van der Waals surface area contributed by atoms with Gasteiger partial charge in [0.15, 0.2) is 6.04 Å². The van der Waals surface area contributed by atoms with E-state index in [1.807, 2.05) is 43.4 Å². The maximum absolute atomic E-state index is 13.9. The Morgan fingerprint density at radius 2 is 2.05 bits per heavy atom. The molecule has 2 unspecified atom stereocenters. The Kier molecular flexibility index (Phi) is 5.92. The molecule has 1 saturated heterocycles. The van der Waals surface area contributed by atoms with Crippen LogP contribution in [0, 0.1) is 0 Å². The Balaban J connectivity index is 1.25. The minimum Gasteiger partial charge on any atom is -0.490 e. The van der Waals surface area contributed by atoms with Crippen LogP contribution in [0.3, 0.4) is 0 Å². The number of carbonyl (C=O) groups is 3. The van der Waals surface area contributed by atoms with Crippen LogP contribution in [0.4, 0.5) is 18.0 Å². The second kappa shape index (κ2) is 8.98. The van der Waals surface area contributed by atoms with Gasteiger partial charge in [-0.15, -0.1) is 11.3 Å². The topological polar surface area (TPSA) is 94.2 Å². The number of nitrogens with zero attached hydrogens (tertiary/aromatic N) is 3. The minimum atomic E-state index is -4.75. The smallest absolute Gasteiger partial charge is 0.412 e. The van der Waals surface area contributed by atoms with Crippen LogP contribution in [0.1, 0.15) is 34.9 Å². The van der Waals surface area contributed by atoms with E-state index in [4.69, 9.17) is 4.74 Å². The molecule has 9 nitrogen and oxygen atoms in total. The third kappa shape index (κ3) is 4.15. The van der Waals surface area contributed by atoms with E-state index >= 15 is 0 Å². The van der Waals surface area contributed by atoms with Gasteiger partial charge in [-0.2, -0.15) is 13.2 Å². The number of ether oxygens (including phenoxy) is 1. The lowest BCUT2D eigenvalue weighted by Gasteiger charge is -2.31. The van der Waals surface area contributed by atoms with Gasteiger partial charge in [0.25, 0.3) is 5.91 Å². The monoisotopic (exact) mass is 561 g/mol. The maximum atomic E-state index is 13.9. The third-order valence-corrected chi connectivity index (χ3v) is 8.71. The van der Waals surface area contributed by atoms with Crippen molar-refractivity contribution < 1.29 is 32.3 Å². The van der Waals surface area contributed by atoms with Gasteiger partial charge < -0.3 is 20.0 Å². The highest BCUT2D eigenvalue weighted by molar-refractivity contribution is 7.10. The van der Waals surface area contributed by atoms with Gasteiger partial charge in [-0.05, 0) is 53.5 Å². The van der Waals surface area contributed by atoms with Gasteiger partial charge in [-0.25, -0.2) is 10.2 Å². The first kappa shape index (κ1) is 25.7. The fourth-order valence-electron chi connectivity index (χ4n) is 5.89. The van der Waals surface area contributed by atoms with Gasteiger partial charge in [0.1, 0.15) is 24.4 Å². The largest absolute Gasteiger partial charge is 0.490 e. The van der Waals surface area contributed by atoms with Crippen LogP contribution in [0.25, 0.3) is 5.57 Å². The zero-order valence-electron chi connectivity index (χ0n) is 21.2. The number of rotatable bonds is 3. The number of alkyl halides is 3. The van der Waals surface area contributed by atoms with Crippen molar-refractivity contribution in [2.24, 2.45) is 0 Å². The summed E-state index contributed by atoms with van der Waals surface area (Å²) in [5, 5.41) is 6.30. The molecule has 4 heterocycles. The lowest BCUT2D eigenvalue weighted by Crippen LogP contribution is -2.53. The quantitative estimate of drug-likeness (QED) is 0.560. The summed E-state index contributed by atoms with van der Waals surface area (Å²) in [6.07, 6.45) is -1.92. The molecule has 0 bridgehead atoms. The fraction of sp³-hybridized carbons (Fsp3) is 0.423. The van der Waals surface area contributed by atoms with Gasteiger partial charge in [0.2, 0.25) is 5.91 Å². The van der Waals surface area contributed by atoms with Gasteiger partial charge in [-0.3, -0.25) is 14.5 Å². The van der Waals surface area contributed by atoms with Crippen molar-refractivity contribution in [3.63, 3.8) is 0 Å². The van der Waals surface area contributed by atoms with E-state index in [0.29, 0.717) is 33.9 Å². The van der Waals surface area contributed by atoms with Crippen molar-refractivity contribution in [3.05, 3.63) is 57.4 Å². The number of amides is 4. The number of fused-ring (bicyclic) bond motifs is 3. The zero-order valence-corrected chi connectivity index (χ0v) is 22.0. The first-order valence-electron chi connectivity index (χ1n) is 12.5. The van der Waals surface area contributed by atoms with Crippen molar-refractivity contribution in [1.82, 2.24) is 25.6 Å². The molecule has 2 aromatic rings. The Hall–Kier alpha value is -3.58. The van der Waals surface area contributed by atoms with E-state index in [1.165, 1.54) is 11.3 Å². The number of carbonyl (C=O) groups excluding carboxylic acids is 3. The third-order valence-electron chi connectivity index (χ3n) is 7.82. The van der Waals surface area contributed by atoms with Gasteiger partial charge in [0, 0.05) is 13.2 Å². The average molecular weight is 562 g/mol. The summed E-state index contributed by atoms with van der Waals surface area (Å²) in [4.78, 5) is 41.8. The molecule has 2 N–H and O–H groups in total. The van der Waals surface area contributed by atoms with E-state index < -0.39 is 48.8 Å². The number of urea groups is 1. The molecule has 4 amide bonds. The summed E-state index contributed by atoms with van der Waals surface area (Å²) in [7, 11) is 1.91. The van der Waals surface area contributed by atoms with E-state index in [1.54, 1.807) is 11.4 Å². The molecule has 1 aliphatic carbocycles. The standard InChI is InChI=1S/C26H26F3N5O4S/c1-14-17(10-32(2)31-14)15-3-4-18-16(9-15)5-7-25(18)23(36)34(24(37)30-25)12-22(35)33-11-20-19(6-8-39-20)38-13-21(33)26(27,28)29/h3-4,6,8-10,14,21,31H,5,7,11-13H2,1-2H3,(H,30,37)/t14?,21-,25?/m0/s1. The number of nitrogens with one attached hydrogen (secondary N) is 2. The van der Waals surface area contributed by atoms with Crippen LogP contribution in [0.5, 0.6) is 5.75 Å². The summed E-state index contributed by atoms with van der Waals surface area (Å²) in [5.41, 5.74) is 5.56. The lowest BCUT2D eigenvalue weighted by molar-refractivity contribution is -0.195. The summed E-state index contributed by atoms with van der Waals surface area (Å²) in [6, 6.07) is 4.38.